The van der Waals surface area contributed by atoms with Crippen LogP contribution in [0.15, 0.2) is 90.5 Å². The largest absolute Gasteiger partial charge is 0.493 e. The van der Waals surface area contributed by atoms with Crippen LogP contribution in [0.4, 0.5) is 16.2 Å². The molecule has 4 aromatic carbocycles. The number of amides is 4. The van der Waals surface area contributed by atoms with Crippen LogP contribution in [0.2, 0.25) is 5.02 Å². The van der Waals surface area contributed by atoms with Crippen molar-refractivity contribution in [1.82, 2.24) is 5.32 Å². The van der Waals surface area contributed by atoms with E-state index in [1.165, 1.54) is 25.3 Å². The highest BCUT2D eigenvalue weighted by Crippen LogP contribution is 2.36. The zero-order chi connectivity index (χ0) is 32.1. The molecule has 45 heavy (non-hydrogen) atoms. The molecule has 0 radical (unpaired) electrons. The van der Waals surface area contributed by atoms with E-state index in [-0.39, 0.29) is 23.6 Å². The molecule has 4 amide bonds. The molecule has 1 saturated heterocycles. The van der Waals surface area contributed by atoms with E-state index >= 15 is 0 Å². The van der Waals surface area contributed by atoms with E-state index in [2.05, 4.69) is 5.32 Å². The maximum Gasteiger partial charge on any atom is 0.335 e. The number of nitro groups is 1. The molecule has 13 heteroatoms. The molecule has 11 nitrogen and oxygen atoms in total. The van der Waals surface area contributed by atoms with Gasteiger partial charge < -0.3 is 14.2 Å². The van der Waals surface area contributed by atoms with Crippen LogP contribution in [-0.2, 0) is 22.8 Å². The third-order valence-electron chi connectivity index (χ3n) is 6.58. The summed E-state index contributed by atoms with van der Waals surface area (Å²) in [6.07, 6.45) is 1.36. The van der Waals surface area contributed by atoms with Crippen LogP contribution in [0.1, 0.15) is 16.7 Å². The highest BCUT2D eigenvalue weighted by atomic mass is 127. The molecule has 1 N–H and O–H groups in total. The van der Waals surface area contributed by atoms with Crippen molar-refractivity contribution >= 4 is 69.5 Å². The smallest absolute Gasteiger partial charge is 0.335 e. The van der Waals surface area contributed by atoms with Crippen LogP contribution in [0.5, 0.6) is 17.2 Å². The first kappa shape index (κ1) is 31.5. The number of imide groups is 2. The number of rotatable bonds is 10. The topological polar surface area (TPSA) is 137 Å². The number of methoxy groups -OCH3 is 1. The lowest BCUT2D eigenvalue weighted by Crippen LogP contribution is -2.54. The third kappa shape index (κ3) is 7.41. The molecule has 0 atom stereocenters. The van der Waals surface area contributed by atoms with Crippen LogP contribution in [0.25, 0.3) is 6.08 Å². The van der Waals surface area contributed by atoms with Gasteiger partial charge in [-0.3, -0.25) is 25.0 Å². The average molecular weight is 740 g/mol. The predicted molar refractivity (Wildman–Crippen MR) is 174 cm³/mol. The van der Waals surface area contributed by atoms with E-state index in [4.69, 9.17) is 25.8 Å². The van der Waals surface area contributed by atoms with Crippen LogP contribution in [-0.4, -0.2) is 29.9 Å². The van der Waals surface area contributed by atoms with E-state index < -0.39 is 22.8 Å². The molecule has 0 aliphatic carbocycles. The number of barbiturate groups is 1. The van der Waals surface area contributed by atoms with Gasteiger partial charge in [0.15, 0.2) is 11.5 Å². The van der Waals surface area contributed by atoms with Crippen LogP contribution >= 0.6 is 34.2 Å². The number of hydrogen-bond acceptors (Lipinski definition) is 8. The standard InChI is InChI=1S/C32H23ClIN3O8/c1-43-28-16-21(15-27(34)29(28)45-18-20-3-2-4-24(13-20)37(41)42)14-26-30(38)35-32(40)36(31(26)39)23-9-11-25(12-10-23)44-17-19-5-7-22(33)8-6-19/h2-16H,17-18H2,1H3,(H,35,38,40)/b26-14+. The molecule has 1 heterocycles. The van der Waals surface area contributed by atoms with E-state index in [9.17, 15) is 24.5 Å². The molecule has 1 fully saturated rings. The maximum absolute atomic E-state index is 13.4. The highest BCUT2D eigenvalue weighted by Gasteiger charge is 2.37. The zero-order valence-electron chi connectivity index (χ0n) is 23.5. The Hall–Kier alpha value is -4.95. The molecular formula is C32H23ClIN3O8. The Bertz CT molecular complexity index is 1830. The Morgan fingerprint density at radius 2 is 1.64 bits per heavy atom. The van der Waals surface area contributed by atoms with Gasteiger partial charge in [-0.1, -0.05) is 35.9 Å². The number of non-ortho nitro benzene ring substituents is 1. The molecule has 228 valence electrons. The maximum atomic E-state index is 13.4. The minimum Gasteiger partial charge on any atom is -0.493 e. The molecule has 0 spiro atoms. The number of ether oxygens (including phenoxy) is 3. The normalized spacial score (nSPS) is 13.9. The van der Waals surface area contributed by atoms with Gasteiger partial charge in [-0.05, 0) is 93.9 Å². The number of nitrogens with one attached hydrogen (secondary N) is 1. The number of carbonyl (C=O) groups excluding carboxylic acids is 3. The van der Waals surface area contributed by atoms with E-state index in [0.717, 1.165) is 10.5 Å². The third-order valence-corrected chi connectivity index (χ3v) is 7.64. The van der Waals surface area contributed by atoms with Gasteiger partial charge in [-0.2, -0.15) is 0 Å². The molecule has 1 aliphatic rings. The monoisotopic (exact) mass is 739 g/mol. The zero-order valence-corrected chi connectivity index (χ0v) is 26.4. The number of hydrogen-bond donors (Lipinski definition) is 1. The second kappa shape index (κ2) is 13.8. The number of urea groups is 1. The van der Waals surface area contributed by atoms with Gasteiger partial charge in [0.25, 0.3) is 17.5 Å². The summed E-state index contributed by atoms with van der Waals surface area (Å²) < 4.78 is 17.8. The summed E-state index contributed by atoms with van der Waals surface area (Å²) in [6, 6.07) is 22.0. The van der Waals surface area contributed by atoms with Gasteiger partial charge in [0.05, 0.1) is 21.3 Å². The number of carbonyl (C=O) groups is 3. The molecule has 1 aliphatic heterocycles. The molecular weight excluding hydrogens is 717 g/mol. The van der Waals surface area contributed by atoms with Gasteiger partial charge in [-0.15, -0.1) is 0 Å². The van der Waals surface area contributed by atoms with Gasteiger partial charge >= 0.3 is 6.03 Å². The summed E-state index contributed by atoms with van der Waals surface area (Å²) in [5.41, 5.74) is 1.87. The van der Waals surface area contributed by atoms with Crippen molar-refractivity contribution in [1.29, 1.82) is 0 Å². The van der Waals surface area contributed by atoms with E-state index in [1.807, 2.05) is 34.7 Å². The first-order valence-electron chi connectivity index (χ1n) is 13.3. The first-order valence-corrected chi connectivity index (χ1v) is 14.7. The number of nitro benzene ring substituents is 1. The number of anilines is 1. The summed E-state index contributed by atoms with van der Waals surface area (Å²) in [5, 5.41) is 13.9. The first-order chi connectivity index (χ1) is 21.6. The highest BCUT2D eigenvalue weighted by molar-refractivity contribution is 14.1. The second-order valence-corrected chi connectivity index (χ2v) is 11.2. The number of halogens is 2. The fraction of sp³-hybridized carbons (Fsp3) is 0.0938. The van der Waals surface area contributed by atoms with Crippen molar-refractivity contribution in [2.24, 2.45) is 0 Å². The molecule has 0 aromatic heterocycles. The van der Waals surface area contributed by atoms with Crippen molar-refractivity contribution in [3.63, 3.8) is 0 Å². The lowest BCUT2D eigenvalue weighted by molar-refractivity contribution is -0.384. The predicted octanol–water partition coefficient (Wildman–Crippen LogP) is 6.69. The van der Waals surface area contributed by atoms with Crippen molar-refractivity contribution in [2.75, 3.05) is 12.0 Å². The molecule has 0 saturated carbocycles. The summed E-state index contributed by atoms with van der Waals surface area (Å²) in [5.74, 6) is -0.450. The van der Waals surface area contributed by atoms with Crippen LogP contribution < -0.4 is 24.4 Å². The molecule has 4 aromatic rings. The van der Waals surface area contributed by atoms with Crippen molar-refractivity contribution in [3.05, 3.63) is 126 Å². The SMILES string of the molecule is COc1cc(/C=C2\C(=O)NC(=O)N(c3ccc(OCc4ccc(Cl)cc4)cc3)C2=O)cc(I)c1OCc1cccc([N+](=O)[O-])c1. The van der Waals surface area contributed by atoms with Gasteiger partial charge in [0.2, 0.25) is 0 Å². The quantitative estimate of drug-likeness (QED) is 0.0625. The fourth-order valence-corrected chi connectivity index (χ4v) is 5.28. The van der Waals surface area contributed by atoms with Crippen LogP contribution in [0.3, 0.4) is 0 Å². The number of nitrogens with zero attached hydrogens (tertiary/aromatic N) is 2. The Balaban J connectivity index is 1.33. The minimum absolute atomic E-state index is 0.0391. The minimum atomic E-state index is -0.881. The molecule has 0 unspecified atom stereocenters. The molecule has 5 rings (SSSR count). The lowest BCUT2D eigenvalue weighted by Gasteiger charge is -2.26. The Morgan fingerprint density at radius 1 is 0.933 bits per heavy atom. The Kier molecular flexibility index (Phi) is 9.64. The number of benzene rings is 4. The summed E-state index contributed by atoms with van der Waals surface area (Å²) in [7, 11) is 1.43. The summed E-state index contributed by atoms with van der Waals surface area (Å²) >= 11 is 7.94. The lowest BCUT2D eigenvalue weighted by atomic mass is 10.1. The summed E-state index contributed by atoms with van der Waals surface area (Å²) in [4.78, 5) is 50.4. The Labute approximate surface area is 275 Å². The fourth-order valence-electron chi connectivity index (χ4n) is 4.38. The van der Waals surface area contributed by atoms with E-state index in [1.54, 1.807) is 60.7 Å². The van der Waals surface area contributed by atoms with Gasteiger partial charge in [-0.25, -0.2) is 9.69 Å². The van der Waals surface area contributed by atoms with Crippen molar-refractivity contribution in [2.45, 2.75) is 13.2 Å². The van der Waals surface area contributed by atoms with Crippen LogP contribution in [0, 0.1) is 13.7 Å². The van der Waals surface area contributed by atoms with Gasteiger partial charge in [0.1, 0.15) is 24.5 Å². The Morgan fingerprint density at radius 3 is 2.33 bits per heavy atom. The van der Waals surface area contributed by atoms with Crippen molar-refractivity contribution in [3.8, 4) is 17.2 Å². The average Bonchev–Trinajstić information content (AvgIpc) is 3.02. The second-order valence-electron chi connectivity index (χ2n) is 9.62. The molecule has 0 bridgehead atoms. The van der Waals surface area contributed by atoms with Crippen molar-refractivity contribution < 1.29 is 33.5 Å². The summed E-state index contributed by atoms with van der Waals surface area (Å²) in [6.45, 7) is 0.333. The van der Waals surface area contributed by atoms with E-state index in [0.29, 0.717) is 43.6 Å². The van der Waals surface area contributed by atoms with Gasteiger partial charge in [0, 0.05) is 17.2 Å².